The van der Waals surface area contributed by atoms with Crippen LogP contribution in [0.4, 0.5) is 4.39 Å². The van der Waals surface area contributed by atoms with Crippen molar-refractivity contribution in [3.8, 4) is 5.75 Å². The third-order valence-electron chi connectivity index (χ3n) is 2.03. The first-order chi connectivity index (χ1) is 7.45. The van der Waals surface area contributed by atoms with Crippen molar-refractivity contribution in [2.75, 3.05) is 7.05 Å². The summed E-state index contributed by atoms with van der Waals surface area (Å²) in [5, 5.41) is 18.0. The molecule has 6 heteroatoms. The summed E-state index contributed by atoms with van der Waals surface area (Å²) in [5.41, 5.74) is -0.000370. The van der Waals surface area contributed by atoms with E-state index in [0.717, 1.165) is 23.1 Å². The molecular weight excluding hydrogens is 217 g/mol. The van der Waals surface area contributed by atoms with Gasteiger partial charge in [0, 0.05) is 13.1 Å². The molecule has 5 nitrogen and oxygen atoms in total. The molecule has 1 unspecified atom stereocenters. The minimum absolute atomic E-state index is 0.000370. The lowest BCUT2D eigenvalue weighted by Gasteiger charge is -2.20. The SMILES string of the molecule is CN(C=O)C(C(=O)O)c1cc(O)cc(F)c1. The van der Waals surface area contributed by atoms with Gasteiger partial charge in [0.1, 0.15) is 11.6 Å². The zero-order valence-corrected chi connectivity index (χ0v) is 8.42. The van der Waals surface area contributed by atoms with E-state index in [9.17, 15) is 14.0 Å². The molecule has 0 aliphatic carbocycles. The highest BCUT2D eigenvalue weighted by Gasteiger charge is 2.24. The zero-order valence-electron chi connectivity index (χ0n) is 8.42. The average molecular weight is 227 g/mol. The second-order valence-corrected chi connectivity index (χ2v) is 3.25. The van der Waals surface area contributed by atoms with Crippen molar-refractivity contribution >= 4 is 12.4 Å². The summed E-state index contributed by atoms with van der Waals surface area (Å²) in [6, 6.07) is 1.59. The minimum Gasteiger partial charge on any atom is -0.508 e. The summed E-state index contributed by atoms with van der Waals surface area (Å²) < 4.78 is 13.0. The molecule has 0 aliphatic heterocycles. The molecule has 0 fully saturated rings. The molecule has 0 aliphatic rings. The second-order valence-electron chi connectivity index (χ2n) is 3.25. The van der Waals surface area contributed by atoms with Crippen molar-refractivity contribution in [1.82, 2.24) is 4.90 Å². The van der Waals surface area contributed by atoms with Crippen LogP contribution in [0.15, 0.2) is 18.2 Å². The summed E-state index contributed by atoms with van der Waals surface area (Å²) in [6.07, 6.45) is 0.320. The lowest BCUT2D eigenvalue weighted by molar-refractivity contribution is -0.145. The lowest BCUT2D eigenvalue weighted by atomic mass is 10.1. The molecule has 1 atom stereocenters. The van der Waals surface area contributed by atoms with Crippen LogP contribution in [0.3, 0.4) is 0 Å². The van der Waals surface area contributed by atoms with E-state index in [1.807, 2.05) is 0 Å². The summed E-state index contributed by atoms with van der Waals surface area (Å²) in [6.45, 7) is 0. The predicted octanol–water partition coefficient (Wildman–Crippen LogP) is 0.745. The lowest BCUT2D eigenvalue weighted by Crippen LogP contribution is -2.29. The van der Waals surface area contributed by atoms with E-state index in [1.54, 1.807) is 0 Å². The van der Waals surface area contributed by atoms with Crippen molar-refractivity contribution in [3.63, 3.8) is 0 Å². The molecule has 0 bridgehead atoms. The first-order valence-corrected chi connectivity index (χ1v) is 4.35. The van der Waals surface area contributed by atoms with E-state index in [-0.39, 0.29) is 11.3 Å². The molecule has 2 N–H and O–H groups in total. The Morgan fingerprint density at radius 2 is 2.12 bits per heavy atom. The van der Waals surface area contributed by atoms with E-state index in [0.29, 0.717) is 6.41 Å². The third-order valence-corrected chi connectivity index (χ3v) is 2.03. The van der Waals surface area contributed by atoms with Crippen LogP contribution in [0.1, 0.15) is 11.6 Å². The summed E-state index contributed by atoms with van der Waals surface area (Å²) >= 11 is 0. The van der Waals surface area contributed by atoms with Gasteiger partial charge in [0.2, 0.25) is 6.41 Å². The summed E-state index contributed by atoms with van der Waals surface area (Å²) in [4.78, 5) is 22.3. The predicted molar refractivity (Wildman–Crippen MR) is 52.3 cm³/mol. The topological polar surface area (TPSA) is 77.8 Å². The molecule has 0 radical (unpaired) electrons. The molecule has 0 spiro atoms. The quantitative estimate of drug-likeness (QED) is 0.744. The maximum atomic E-state index is 13.0. The van der Waals surface area contributed by atoms with Gasteiger partial charge in [-0.05, 0) is 17.7 Å². The van der Waals surface area contributed by atoms with E-state index in [4.69, 9.17) is 10.2 Å². The smallest absolute Gasteiger partial charge is 0.331 e. The fourth-order valence-electron chi connectivity index (χ4n) is 1.37. The Morgan fingerprint density at radius 3 is 2.56 bits per heavy atom. The van der Waals surface area contributed by atoms with Crippen LogP contribution in [-0.2, 0) is 9.59 Å². The van der Waals surface area contributed by atoms with Crippen LogP contribution in [0, 0.1) is 5.82 Å². The largest absolute Gasteiger partial charge is 0.508 e. The average Bonchev–Trinajstić information content (AvgIpc) is 2.15. The third kappa shape index (κ3) is 2.47. The highest BCUT2D eigenvalue weighted by molar-refractivity contribution is 5.78. The van der Waals surface area contributed by atoms with Gasteiger partial charge >= 0.3 is 5.97 Å². The van der Waals surface area contributed by atoms with Gasteiger partial charge in [0.25, 0.3) is 0 Å². The molecule has 1 rings (SSSR count). The van der Waals surface area contributed by atoms with E-state index >= 15 is 0 Å². The van der Waals surface area contributed by atoms with Crippen LogP contribution in [0.2, 0.25) is 0 Å². The van der Waals surface area contributed by atoms with Crippen LogP contribution in [0.5, 0.6) is 5.75 Å². The maximum absolute atomic E-state index is 13.0. The number of aliphatic carboxylic acids is 1. The van der Waals surface area contributed by atoms with Crippen molar-refractivity contribution in [2.45, 2.75) is 6.04 Å². The molecule has 86 valence electrons. The van der Waals surface area contributed by atoms with Crippen molar-refractivity contribution in [1.29, 1.82) is 0 Å². The standard InChI is InChI=1S/C10H10FNO4/c1-12(5-13)9(10(15)16)6-2-7(11)4-8(14)3-6/h2-5,9,14H,1H3,(H,15,16). The van der Waals surface area contributed by atoms with Crippen LogP contribution in [-0.4, -0.2) is 34.5 Å². The molecule has 1 aromatic carbocycles. The number of phenols is 1. The fraction of sp³-hybridized carbons (Fsp3) is 0.200. The summed E-state index contributed by atoms with van der Waals surface area (Å²) in [7, 11) is 1.26. The molecular formula is C10H10FNO4. The number of carboxylic acid groups (broad SMARTS) is 1. The normalized spacial score (nSPS) is 11.9. The minimum atomic E-state index is -1.32. The van der Waals surface area contributed by atoms with E-state index < -0.39 is 17.8 Å². The number of hydrogen-bond acceptors (Lipinski definition) is 3. The van der Waals surface area contributed by atoms with Crippen molar-refractivity contribution < 1.29 is 24.2 Å². The Labute approximate surface area is 90.7 Å². The first-order valence-electron chi connectivity index (χ1n) is 4.35. The van der Waals surface area contributed by atoms with Gasteiger partial charge in [-0.1, -0.05) is 0 Å². The number of carboxylic acids is 1. The van der Waals surface area contributed by atoms with Gasteiger partial charge < -0.3 is 15.1 Å². The number of likely N-dealkylation sites (N-methyl/N-ethyl adjacent to an activating group) is 1. The number of hydrogen-bond donors (Lipinski definition) is 2. The molecule has 0 saturated carbocycles. The Hall–Kier alpha value is -2.11. The van der Waals surface area contributed by atoms with Gasteiger partial charge in [0.15, 0.2) is 6.04 Å². The van der Waals surface area contributed by atoms with E-state index in [2.05, 4.69) is 0 Å². The van der Waals surface area contributed by atoms with Gasteiger partial charge in [-0.25, -0.2) is 9.18 Å². The number of phenolic OH excluding ortho intramolecular Hbond substituents is 1. The molecule has 1 amide bonds. The summed E-state index contributed by atoms with van der Waals surface area (Å²) in [5.74, 6) is -2.46. The van der Waals surface area contributed by atoms with Crippen LogP contribution < -0.4 is 0 Å². The van der Waals surface area contributed by atoms with E-state index in [1.165, 1.54) is 7.05 Å². The Balaban J connectivity index is 3.20. The van der Waals surface area contributed by atoms with Crippen LogP contribution in [0.25, 0.3) is 0 Å². The van der Waals surface area contributed by atoms with Gasteiger partial charge in [-0.3, -0.25) is 4.79 Å². The van der Waals surface area contributed by atoms with Gasteiger partial charge in [-0.2, -0.15) is 0 Å². The number of aromatic hydroxyl groups is 1. The number of rotatable bonds is 4. The molecule has 0 saturated heterocycles. The molecule has 0 aromatic heterocycles. The molecule has 16 heavy (non-hydrogen) atoms. The molecule has 1 aromatic rings. The molecule has 0 heterocycles. The Morgan fingerprint density at radius 1 is 1.50 bits per heavy atom. The number of amides is 1. The first kappa shape index (κ1) is 12.0. The van der Waals surface area contributed by atoms with Crippen molar-refractivity contribution in [3.05, 3.63) is 29.6 Å². The van der Waals surface area contributed by atoms with Crippen LogP contribution >= 0.6 is 0 Å². The maximum Gasteiger partial charge on any atom is 0.331 e. The van der Waals surface area contributed by atoms with Gasteiger partial charge in [0.05, 0.1) is 0 Å². The number of carbonyl (C=O) groups excluding carboxylic acids is 1. The van der Waals surface area contributed by atoms with Gasteiger partial charge in [-0.15, -0.1) is 0 Å². The monoisotopic (exact) mass is 227 g/mol. The number of carbonyl (C=O) groups is 2. The number of benzene rings is 1. The second kappa shape index (κ2) is 4.61. The highest BCUT2D eigenvalue weighted by atomic mass is 19.1. The Kier molecular flexibility index (Phi) is 3.44. The number of halogens is 1. The number of nitrogens with zero attached hydrogens (tertiary/aromatic N) is 1. The fourth-order valence-corrected chi connectivity index (χ4v) is 1.37. The highest BCUT2D eigenvalue weighted by Crippen LogP contribution is 2.23. The zero-order chi connectivity index (χ0) is 12.3. The van der Waals surface area contributed by atoms with Crippen molar-refractivity contribution in [2.24, 2.45) is 0 Å². The Bertz CT molecular complexity index is 401.